The Morgan fingerprint density at radius 3 is 1.97 bits per heavy atom. The van der Waals surface area contributed by atoms with E-state index in [4.69, 9.17) is 0 Å². The maximum Gasteiger partial charge on any atom is -0.0162 e. The number of benzene rings is 1. The van der Waals surface area contributed by atoms with Crippen molar-refractivity contribution < 1.29 is 0 Å². The predicted molar refractivity (Wildman–Crippen MR) is 134 cm³/mol. The van der Waals surface area contributed by atoms with Gasteiger partial charge in [-0.1, -0.05) is 108 Å². The summed E-state index contributed by atoms with van der Waals surface area (Å²) in [5.74, 6) is 2.78. The summed E-state index contributed by atoms with van der Waals surface area (Å²) in [5.41, 5.74) is 4.71. The van der Waals surface area contributed by atoms with Gasteiger partial charge in [0.1, 0.15) is 0 Å². The average molecular weight is 409 g/mol. The van der Waals surface area contributed by atoms with Gasteiger partial charge in [-0.25, -0.2) is 0 Å². The Balaban J connectivity index is 1.40. The van der Waals surface area contributed by atoms with E-state index in [0.29, 0.717) is 0 Å². The molecular formula is C30H48. The van der Waals surface area contributed by atoms with Crippen molar-refractivity contribution in [1.82, 2.24) is 0 Å². The molecule has 168 valence electrons. The molecule has 0 amide bonds. The first-order chi connectivity index (χ1) is 14.8. The number of rotatable bonds is 12. The van der Waals surface area contributed by atoms with Crippen LogP contribution >= 0.6 is 0 Å². The number of allylic oxidation sites excluding steroid dienone is 2. The van der Waals surface area contributed by atoms with E-state index in [0.717, 1.165) is 17.8 Å². The van der Waals surface area contributed by atoms with Crippen LogP contribution in [0.4, 0.5) is 0 Å². The van der Waals surface area contributed by atoms with Crippen molar-refractivity contribution >= 4 is 5.57 Å². The lowest BCUT2D eigenvalue weighted by atomic mass is 9.76. The van der Waals surface area contributed by atoms with Crippen LogP contribution in [0.15, 0.2) is 30.3 Å². The highest BCUT2D eigenvalue weighted by Gasteiger charge is 2.22. The van der Waals surface area contributed by atoms with E-state index < -0.39 is 0 Å². The summed E-state index contributed by atoms with van der Waals surface area (Å²) in [4.78, 5) is 0. The van der Waals surface area contributed by atoms with E-state index in [-0.39, 0.29) is 0 Å². The normalized spacial score (nSPS) is 24.6. The third-order valence-corrected chi connectivity index (χ3v) is 8.05. The molecule has 0 heteroatoms. The van der Waals surface area contributed by atoms with Gasteiger partial charge in [0.2, 0.25) is 0 Å². The zero-order chi connectivity index (χ0) is 21.0. The van der Waals surface area contributed by atoms with E-state index in [9.17, 15) is 0 Å². The Morgan fingerprint density at radius 2 is 1.30 bits per heavy atom. The molecule has 3 rings (SSSR count). The summed E-state index contributed by atoms with van der Waals surface area (Å²) in [7, 11) is 0. The predicted octanol–water partition coefficient (Wildman–Crippen LogP) is 10.1. The van der Waals surface area contributed by atoms with Gasteiger partial charge in [-0.3, -0.25) is 0 Å². The van der Waals surface area contributed by atoms with Gasteiger partial charge in [0.25, 0.3) is 0 Å². The summed E-state index contributed by atoms with van der Waals surface area (Å²) in [5, 5.41) is 0. The van der Waals surface area contributed by atoms with Crippen LogP contribution in [-0.4, -0.2) is 0 Å². The smallest absolute Gasteiger partial charge is 0.0162 e. The maximum atomic E-state index is 2.56. The third kappa shape index (κ3) is 7.58. The van der Waals surface area contributed by atoms with Crippen molar-refractivity contribution in [1.29, 1.82) is 0 Å². The van der Waals surface area contributed by atoms with Gasteiger partial charge in [-0.2, -0.15) is 0 Å². The molecule has 2 aliphatic rings. The first-order valence-corrected chi connectivity index (χ1v) is 13.6. The molecule has 1 aromatic rings. The Bertz CT molecular complexity index is 599. The van der Waals surface area contributed by atoms with Gasteiger partial charge in [0.15, 0.2) is 0 Å². The number of unbranched alkanes of at least 4 members (excludes halogenated alkanes) is 6. The minimum Gasteiger partial charge on any atom is -0.0804 e. The average Bonchev–Trinajstić information content (AvgIpc) is 2.80. The van der Waals surface area contributed by atoms with Crippen LogP contribution in [0.1, 0.15) is 140 Å². The Morgan fingerprint density at radius 1 is 0.667 bits per heavy atom. The van der Waals surface area contributed by atoms with Crippen molar-refractivity contribution in [3.63, 3.8) is 0 Å². The van der Waals surface area contributed by atoms with Crippen molar-refractivity contribution in [3.05, 3.63) is 41.5 Å². The van der Waals surface area contributed by atoms with E-state index in [2.05, 4.69) is 44.2 Å². The fourth-order valence-corrected chi connectivity index (χ4v) is 5.89. The van der Waals surface area contributed by atoms with Crippen molar-refractivity contribution in [2.24, 2.45) is 11.8 Å². The molecule has 30 heavy (non-hydrogen) atoms. The molecule has 0 aromatic heterocycles. The lowest BCUT2D eigenvalue weighted by molar-refractivity contribution is 0.302. The largest absolute Gasteiger partial charge is 0.0804 e. The highest BCUT2D eigenvalue weighted by Crippen LogP contribution is 2.39. The van der Waals surface area contributed by atoms with E-state index in [1.54, 1.807) is 11.1 Å². The lowest BCUT2D eigenvalue weighted by Crippen LogP contribution is -2.13. The van der Waals surface area contributed by atoms with Crippen LogP contribution in [-0.2, 0) is 0 Å². The fraction of sp³-hybridized carbons (Fsp3) is 0.733. The standard InChI is InChI=1S/C30H48/c1-3-5-7-8-10-12-26-15-19-28(20-16-26)30-23-21-29(22-24-30)27-17-13-25(14-18-27)11-9-6-4-2/h17,21-26,28H,3-16,18-20H2,1-2H3. The van der Waals surface area contributed by atoms with Gasteiger partial charge in [-0.15, -0.1) is 0 Å². The zero-order valence-corrected chi connectivity index (χ0v) is 20.1. The second-order valence-electron chi connectivity index (χ2n) is 10.4. The van der Waals surface area contributed by atoms with Gasteiger partial charge < -0.3 is 0 Å². The molecule has 1 saturated carbocycles. The maximum absolute atomic E-state index is 2.56. The Kier molecular flexibility index (Phi) is 10.5. The molecule has 2 aliphatic carbocycles. The highest BCUT2D eigenvalue weighted by atomic mass is 14.3. The summed E-state index contributed by atoms with van der Waals surface area (Å²) in [6.07, 6.45) is 26.6. The van der Waals surface area contributed by atoms with Gasteiger partial charge in [-0.05, 0) is 79.4 Å². The SMILES string of the molecule is CCCCCCCC1CCC(c2ccc(C3=CCC(CCCCC)CC3)cc2)CC1. The van der Waals surface area contributed by atoms with Crippen LogP contribution in [0.5, 0.6) is 0 Å². The summed E-state index contributed by atoms with van der Waals surface area (Å²) in [6.45, 7) is 4.62. The molecule has 0 aliphatic heterocycles. The van der Waals surface area contributed by atoms with Crippen LogP contribution in [0, 0.1) is 11.8 Å². The van der Waals surface area contributed by atoms with Gasteiger partial charge in [0, 0.05) is 0 Å². The first-order valence-electron chi connectivity index (χ1n) is 13.6. The zero-order valence-electron chi connectivity index (χ0n) is 20.1. The van der Waals surface area contributed by atoms with Gasteiger partial charge >= 0.3 is 0 Å². The summed E-state index contributed by atoms with van der Waals surface area (Å²) < 4.78 is 0. The van der Waals surface area contributed by atoms with E-state index >= 15 is 0 Å². The Labute approximate surface area is 187 Å². The topological polar surface area (TPSA) is 0 Å². The van der Waals surface area contributed by atoms with E-state index in [1.807, 2.05) is 0 Å². The first kappa shape index (κ1) is 23.6. The minimum absolute atomic E-state index is 0.818. The van der Waals surface area contributed by atoms with Crippen molar-refractivity contribution in [2.45, 2.75) is 129 Å². The van der Waals surface area contributed by atoms with Crippen LogP contribution in [0.25, 0.3) is 5.57 Å². The van der Waals surface area contributed by atoms with Crippen LogP contribution in [0.2, 0.25) is 0 Å². The molecule has 0 spiro atoms. The second kappa shape index (κ2) is 13.4. The molecule has 0 nitrogen and oxygen atoms in total. The molecule has 0 radical (unpaired) electrons. The molecule has 0 saturated heterocycles. The monoisotopic (exact) mass is 408 g/mol. The van der Waals surface area contributed by atoms with Gasteiger partial charge in [0.05, 0.1) is 0 Å². The minimum atomic E-state index is 0.818. The molecule has 0 N–H and O–H groups in total. The molecular weight excluding hydrogens is 360 g/mol. The van der Waals surface area contributed by atoms with Crippen molar-refractivity contribution in [2.75, 3.05) is 0 Å². The number of hydrogen-bond donors (Lipinski definition) is 0. The fourth-order valence-electron chi connectivity index (χ4n) is 5.89. The summed E-state index contributed by atoms with van der Waals surface area (Å²) >= 11 is 0. The second-order valence-corrected chi connectivity index (χ2v) is 10.4. The molecule has 1 fully saturated rings. The quantitative estimate of drug-likeness (QED) is 0.302. The highest BCUT2D eigenvalue weighted by molar-refractivity contribution is 5.66. The third-order valence-electron chi connectivity index (χ3n) is 8.05. The Hall–Kier alpha value is -1.04. The summed E-state index contributed by atoms with van der Waals surface area (Å²) in [6, 6.07) is 9.77. The molecule has 0 heterocycles. The van der Waals surface area contributed by atoms with Crippen LogP contribution < -0.4 is 0 Å². The van der Waals surface area contributed by atoms with E-state index in [1.165, 1.54) is 115 Å². The van der Waals surface area contributed by atoms with Crippen molar-refractivity contribution in [3.8, 4) is 0 Å². The van der Waals surface area contributed by atoms with Crippen LogP contribution in [0.3, 0.4) is 0 Å². The molecule has 1 aromatic carbocycles. The lowest BCUT2D eigenvalue weighted by Gasteiger charge is -2.29. The molecule has 0 bridgehead atoms. The molecule has 1 atom stereocenters. The number of hydrogen-bond acceptors (Lipinski definition) is 0. The molecule has 1 unspecified atom stereocenters.